The van der Waals surface area contributed by atoms with Gasteiger partial charge >= 0.3 is 6.09 Å². The molecule has 122 valence electrons. The number of hydrogen-bond donors (Lipinski definition) is 1. The molecule has 3 rings (SSSR count). The van der Waals surface area contributed by atoms with E-state index in [-0.39, 0.29) is 23.8 Å². The number of fused-ring (bicyclic) bond motifs is 1. The molecule has 0 radical (unpaired) electrons. The summed E-state index contributed by atoms with van der Waals surface area (Å²) in [6.07, 6.45) is 1.19. The van der Waals surface area contributed by atoms with E-state index in [9.17, 15) is 4.79 Å². The first-order valence-electron chi connectivity index (χ1n) is 8.03. The fourth-order valence-electron chi connectivity index (χ4n) is 2.63. The second-order valence-electron chi connectivity index (χ2n) is 7.12. The largest absolute Gasteiger partial charge is 0.490 e. The molecule has 1 aliphatic rings. The van der Waals surface area contributed by atoms with Crippen molar-refractivity contribution in [1.82, 2.24) is 5.32 Å². The lowest BCUT2D eigenvalue weighted by Crippen LogP contribution is -2.46. The fourth-order valence-corrected chi connectivity index (χ4v) is 2.63. The summed E-state index contributed by atoms with van der Waals surface area (Å²) < 4.78 is 11.3. The van der Waals surface area contributed by atoms with Crippen molar-refractivity contribution >= 4 is 16.9 Å². The lowest BCUT2D eigenvalue weighted by molar-refractivity contribution is -0.0243. The molecule has 2 aromatic rings. The Morgan fingerprint density at radius 2 is 1.74 bits per heavy atom. The second kappa shape index (κ2) is 6.11. The van der Waals surface area contributed by atoms with Crippen LogP contribution in [-0.2, 0) is 4.74 Å². The summed E-state index contributed by atoms with van der Waals surface area (Å²) in [5.41, 5.74) is -0.276. The normalized spacial score (nSPS) is 20.7. The minimum atomic E-state index is -0.355. The smallest absolute Gasteiger partial charge is 0.407 e. The van der Waals surface area contributed by atoms with Gasteiger partial charge in [0, 0.05) is 18.4 Å². The molecule has 0 atom stereocenters. The summed E-state index contributed by atoms with van der Waals surface area (Å²) in [5, 5.41) is 5.17. The molecule has 0 bridgehead atoms. The maximum absolute atomic E-state index is 11.7. The van der Waals surface area contributed by atoms with Crippen molar-refractivity contribution in [2.75, 3.05) is 0 Å². The summed E-state index contributed by atoms with van der Waals surface area (Å²) in [6.45, 7) is 5.79. The van der Waals surface area contributed by atoms with Crippen LogP contribution in [0.4, 0.5) is 4.79 Å². The first-order chi connectivity index (χ1) is 10.9. The Bertz CT molecular complexity index is 699. The molecule has 0 aliphatic heterocycles. The van der Waals surface area contributed by atoms with E-state index in [2.05, 4.69) is 29.6 Å². The van der Waals surface area contributed by atoms with Crippen molar-refractivity contribution in [3.05, 3.63) is 42.5 Å². The Balaban J connectivity index is 1.49. The molecule has 0 saturated heterocycles. The van der Waals surface area contributed by atoms with E-state index in [1.54, 1.807) is 0 Å². The van der Waals surface area contributed by atoms with E-state index in [1.807, 2.05) is 39.0 Å². The average molecular weight is 313 g/mol. The Kier molecular flexibility index (Phi) is 4.16. The molecule has 4 heteroatoms. The second-order valence-corrected chi connectivity index (χ2v) is 7.12. The molecular formula is C19H23NO3. The van der Waals surface area contributed by atoms with Crippen molar-refractivity contribution in [2.24, 2.45) is 0 Å². The average Bonchev–Trinajstić information content (AvgIpc) is 2.43. The molecule has 4 nitrogen and oxygen atoms in total. The van der Waals surface area contributed by atoms with Gasteiger partial charge in [0.25, 0.3) is 0 Å². The van der Waals surface area contributed by atoms with Crippen LogP contribution in [0.2, 0.25) is 0 Å². The quantitative estimate of drug-likeness (QED) is 0.920. The highest BCUT2D eigenvalue weighted by Gasteiger charge is 2.34. The number of ether oxygens (including phenoxy) is 2. The Morgan fingerprint density at radius 3 is 2.43 bits per heavy atom. The van der Waals surface area contributed by atoms with Gasteiger partial charge in [0.15, 0.2) is 0 Å². The van der Waals surface area contributed by atoms with Gasteiger partial charge in [-0.15, -0.1) is 0 Å². The number of carbonyl (C=O) groups excluding carboxylic acids is 1. The number of nitrogens with one attached hydrogen (secondary N) is 1. The van der Waals surface area contributed by atoms with Gasteiger partial charge in [-0.25, -0.2) is 4.79 Å². The first kappa shape index (κ1) is 15.7. The van der Waals surface area contributed by atoms with Crippen LogP contribution in [0.25, 0.3) is 10.8 Å². The van der Waals surface area contributed by atoms with Crippen LogP contribution < -0.4 is 10.1 Å². The molecule has 1 amide bonds. The van der Waals surface area contributed by atoms with Crippen LogP contribution in [0.1, 0.15) is 33.6 Å². The summed E-state index contributed by atoms with van der Waals surface area (Å²) in [6, 6.07) is 14.3. The molecule has 1 N–H and O–H groups in total. The van der Waals surface area contributed by atoms with Gasteiger partial charge in [0.05, 0.1) is 0 Å². The number of carbonyl (C=O) groups is 1. The highest BCUT2D eigenvalue weighted by Crippen LogP contribution is 2.30. The van der Waals surface area contributed by atoms with Gasteiger partial charge in [-0.1, -0.05) is 30.3 Å². The summed E-state index contributed by atoms with van der Waals surface area (Å²) >= 11 is 0. The molecule has 1 fully saturated rings. The lowest BCUT2D eigenvalue weighted by Gasteiger charge is -2.35. The van der Waals surface area contributed by atoms with E-state index >= 15 is 0 Å². The Hall–Kier alpha value is -2.23. The number of alkyl carbamates (subject to hydrolysis) is 1. The number of rotatable bonds is 3. The predicted octanol–water partition coefficient (Wildman–Crippen LogP) is 4.27. The first-order valence-corrected chi connectivity index (χ1v) is 8.03. The summed E-state index contributed by atoms with van der Waals surface area (Å²) in [4.78, 5) is 11.7. The molecule has 2 aromatic carbocycles. The van der Waals surface area contributed by atoms with E-state index in [0.29, 0.717) is 0 Å². The highest BCUT2D eigenvalue weighted by atomic mass is 16.6. The van der Waals surface area contributed by atoms with Gasteiger partial charge in [0.1, 0.15) is 18.0 Å². The molecule has 0 unspecified atom stereocenters. The molecule has 0 spiro atoms. The van der Waals surface area contributed by atoms with Gasteiger partial charge < -0.3 is 14.8 Å². The van der Waals surface area contributed by atoms with Gasteiger partial charge in [0.2, 0.25) is 0 Å². The van der Waals surface area contributed by atoms with Crippen LogP contribution >= 0.6 is 0 Å². The van der Waals surface area contributed by atoms with Gasteiger partial charge in [-0.2, -0.15) is 0 Å². The van der Waals surface area contributed by atoms with Crippen molar-refractivity contribution < 1.29 is 14.3 Å². The van der Waals surface area contributed by atoms with E-state index in [1.165, 1.54) is 10.8 Å². The van der Waals surface area contributed by atoms with Crippen LogP contribution in [-0.4, -0.2) is 23.8 Å². The Labute approximate surface area is 136 Å². The minimum Gasteiger partial charge on any atom is -0.490 e. The maximum Gasteiger partial charge on any atom is 0.407 e. The van der Waals surface area contributed by atoms with Crippen molar-refractivity contribution in [2.45, 2.75) is 51.4 Å². The van der Waals surface area contributed by atoms with E-state index in [0.717, 1.165) is 18.6 Å². The molecule has 23 heavy (non-hydrogen) atoms. The SMILES string of the molecule is CC(C)(C)NC(=O)OC1CC(Oc2ccc3ccccc3c2)C1. The molecule has 0 heterocycles. The van der Waals surface area contributed by atoms with Crippen LogP contribution in [0.15, 0.2) is 42.5 Å². The lowest BCUT2D eigenvalue weighted by atomic mass is 9.92. The van der Waals surface area contributed by atoms with Crippen molar-refractivity contribution in [1.29, 1.82) is 0 Å². The van der Waals surface area contributed by atoms with Gasteiger partial charge in [-0.05, 0) is 43.7 Å². The zero-order valence-corrected chi connectivity index (χ0v) is 13.8. The number of hydrogen-bond acceptors (Lipinski definition) is 3. The monoisotopic (exact) mass is 313 g/mol. The van der Waals surface area contributed by atoms with E-state index < -0.39 is 0 Å². The topological polar surface area (TPSA) is 47.6 Å². The highest BCUT2D eigenvalue weighted by molar-refractivity contribution is 5.83. The molecule has 1 aliphatic carbocycles. The minimum absolute atomic E-state index is 0.0530. The Morgan fingerprint density at radius 1 is 1.04 bits per heavy atom. The third-order valence-electron chi connectivity index (χ3n) is 3.83. The fraction of sp³-hybridized carbons (Fsp3) is 0.421. The number of amides is 1. The molecular weight excluding hydrogens is 290 g/mol. The van der Waals surface area contributed by atoms with Crippen LogP contribution in [0, 0.1) is 0 Å². The third kappa shape index (κ3) is 4.15. The number of benzene rings is 2. The van der Waals surface area contributed by atoms with Crippen molar-refractivity contribution in [3.8, 4) is 5.75 Å². The third-order valence-corrected chi connectivity index (χ3v) is 3.83. The zero-order chi connectivity index (χ0) is 16.4. The molecule has 0 aromatic heterocycles. The van der Waals surface area contributed by atoms with Crippen LogP contribution in [0.3, 0.4) is 0 Å². The standard InChI is InChI=1S/C19H23NO3/c1-19(2,3)20-18(21)23-17-11-16(12-17)22-15-9-8-13-6-4-5-7-14(13)10-15/h4-10,16-17H,11-12H2,1-3H3,(H,20,21). The summed E-state index contributed by atoms with van der Waals surface area (Å²) in [5.74, 6) is 0.867. The maximum atomic E-state index is 11.7. The summed E-state index contributed by atoms with van der Waals surface area (Å²) in [7, 11) is 0. The van der Waals surface area contributed by atoms with E-state index in [4.69, 9.17) is 9.47 Å². The molecule has 1 saturated carbocycles. The van der Waals surface area contributed by atoms with Crippen molar-refractivity contribution in [3.63, 3.8) is 0 Å². The van der Waals surface area contributed by atoms with Crippen LogP contribution in [0.5, 0.6) is 5.75 Å². The van der Waals surface area contributed by atoms with Gasteiger partial charge in [-0.3, -0.25) is 0 Å². The predicted molar refractivity (Wildman–Crippen MR) is 90.8 cm³/mol. The zero-order valence-electron chi connectivity index (χ0n) is 13.8.